The van der Waals surface area contributed by atoms with E-state index in [0.29, 0.717) is 12.3 Å². The first-order chi connectivity index (χ1) is 12.2. The van der Waals surface area contributed by atoms with Crippen LogP contribution < -0.4 is 5.32 Å². The standard InChI is InChI=1S/C21H20N2O2/c1-15-7-8-19-17(13-15)14-20(25-19)21(24)22-10-4-11-23-12-9-16-5-2-3-6-18(16)23/h2-3,5-9,12-14H,4,10-11H2,1H3,(H,22,24). The number of rotatable bonds is 5. The molecule has 4 nitrogen and oxygen atoms in total. The number of nitrogens with zero attached hydrogens (tertiary/aromatic N) is 1. The fourth-order valence-electron chi connectivity index (χ4n) is 3.15. The number of hydrogen-bond acceptors (Lipinski definition) is 2. The Hall–Kier alpha value is -3.01. The van der Waals surface area contributed by atoms with Gasteiger partial charge in [0.15, 0.2) is 5.76 Å². The lowest BCUT2D eigenvalue weighted by Gasteiger charge is -2.06. The molecular formula is C21H20N2O2. The minimum atomic E-state index is -0.161. The monoisotopic (exact) mass is 332 g/mol. The molecule has 1 N–H and O–H groups in total. The van der Waals surface area contributed by atoms with Gasteiger partial charge in [-0.2, -0.15) is 0 Å². The van der Waals surface area contributed by atoms with E-state index in [0.717, 1.165) is 29.5 Å². The Morgan fingerprint density at radius 3 is 2.88 bits per heavy atom. The molecule has 126 valence electrons. The van der Waals surface area contributed by atoms with Gasteiger partial charge >= 0.3 is 0 Å². The zero-order valence-electron chi connectivity index (χ0n) is 14.2. The van der Waals surface area contributed by atoms with Crippen LogP contribution in [0.2, 0.25) is 0 Å². The van der Waals surface area contributed by atoms with E-state index in [1.807, 2.05) is 37.3 Å². The first-order valence-electron chi connectivity index (χ1n) is 8.53. The minimum Gasteiger partial charge on any atom is -0.451 e. The molecule has 0 aliphatic heterocycles. The molecular weight excluding hydrogens is 312 g/mol. The quantitative estimate of drug-likeness (QED) is 0.546. The molecule has 2 aromatic carbocycles. The van der Waals surface area contributed by atoms with Crippen molar-refractivity contribution in [3.63, 3.8) is 0 Å². The fourth-order valence-corrected chi connectivity index (χ4v) is 3.15. The molecule has 2 heterocycles. The lowest BCUT2D eigenvalue weighted by atomic mass is 10.2. The molecule has 25 heavy (non-hydrogen) atoms. The van der Waals surface area contributed by atoms with E-state index in [4.69, 9.17) is 4.42 Å². The maximum absolute atomic E-state index is 12.3. The Labute approximate surface area is 146 Å². The van der Waals surface area contributed by atoms with Crippen LogP contribution in [0.5, 0.6) is 0 Å². The maximum Gasteiger partial charge on any atom is 0.287 e. The Morgan fingerprint density at radius 2 is 1.96 bits per heavy atom. The molecule has 0 atom stereocenters. The average Bonchev–Trinajstić information content (AvgIpc) is 3.22. The summed E-state index contributed by atoms with van der Waals surface area (Å²) in [5.41, 5.74) is 3.12. The van der Waals surface area contributed by atoms with E-state index in [9.17, 15) is 4.79 Å². The highest BCUT2D eigenvalue weighted by atomic mass is 16.3. The molecule has 0 bridgehead atoms. The van der Waals surface area contributed by atoms with E-state index in [1.165, 1.54) is 10.9 Å². The number of benzene rings is 2. The molecule has 0 fully saturated rings. The molecule has 0 radical (unpaired) electrons. The van der Waals surface area contributed by atoms with Gasteiger partial charge in [-0.05, 0) is 49.1 Å². The smallest absolute Gasteiger partial charge is 0.287 e. The van der Waals surface area contributed by atoms with E-state index < -0.39 is 0 Å². The van der Waals surface area contributed by atoms with Crippen molar-refractivity contribution in [3.05, 3.63) is 72.1 Å². The molecule has 4 heteroatoms. The number of amides is 1. The number of nitrogens with one attached hydrogen (secondary N) is 1. The highest BCUT2D eigenvalue weighted by molar-refractivity contribution is 5.96. The van der Waals surface area contributed by atoms with Crippen molar-refractivity contribution in [3.8, 4) is 0 Å². The predicted molar refractivity (Wildman–Crippen MR) is 99.8 cm³/mol. The Balaban J connectivity index is 1.35. The van der Waals surface area contributed by atoms with E-state index >= 15 is 0 Å². The lowest BCUT2D eigenvalue weighted by molar-refractivity contribution is 0.0927. The maximum atomic E-state index is 12.3. The van der Waals surface area contributed by atoms with Crippen LogP contribution in [0.3, 0.4) is 0 Å². The van der Waals surface area contributed by atoms with Crippen LogP contribution in [0.15, 0.2) is 65.2 Å². The van der Waals surface area contributed by atoms with Crippen molar-refractivity contribution in [2.24, 2.45) is 0 Å². The van der Waals surface area contributed by atoms with Crippen LogP contribution in [0, 0.1) is 6.92 Å². The lowest BCUT2D eigenvalue weighted by Crippen LogP contribution is -2.24. The summed E-state index contributed by atoms with van der Waals surface area (Å²) >= 11 is 0. The van der Waals surface area contributed by atoms with Crippen molar-refractivity contribution in [2.45, 2.75) is 19.9 Å². The first kappa shape index (κ1) is 15.5. The van der Waals surface area contributed by atoms with E-state index in [-0.39, 0.29) is 5.91 Å². The van der Waals surface area contributed by atoms with Gasteiger partial charge < -0.3 is 14.3 Å². The number of aromatic nitrogens is 1. The van der Waals surface area contributed by atoms with E-state index in [2.05, 4.69) is 34.3 Å². The van der Waals surface area contributed by atoms with Gasteiger partial charge in [0.05, 0.1) is 0 Å². The molecule has 0 aliphatic carbocycles. The SMILES string of the molecule is Cc1ccc2oc(C(=O)NCCCn3ccc4ccccc43)cc2c1. The largest absolute Gasteiger partial charge is 0.451 e. The Morgan fingerprint density at radius 1 is 1.08 bits per heavy atom. The summed E-state index contributed by atoms with van der Waals surface area (Å²) in [5, 5.41) is 5.14. The molecule has 2 aromatic heterocycles. The fraction of sp³-hybridized carbons (Fsp3) is 0.190. The molecule has 0 saturated heterocycles. The van der Waals surface area contributed by atoms with Gasteiger partial charge in [0.25, 0.3) is 5.91 Å². The van der Waals surface area contributed by atoms with Crippen molar-refractivity contribution < 1.29 is 9.21 Å². The summed E-state index contributed by atoms with van der Waals surface area (Å²) in [7, 11) is 0. The van der Waals surface area contributed by atoms with E-state index in [1.54, 1.807) is 6.07 Å². The van der Waals surface area contributed by atoms with Crippen molar-refractivity contribution in [2.75, 3.05) is 6.54 Å². The zero-order chi connectivity index (χ0) is 17.2. The van der Waals surface area contributed by atoms with Crippen molar-refractivity contribution in [1.82, 2.24) is 9.88 Å². The summed E-state index contributed by atoms with van der Waals surface area (Å²) < 4.78 is 7.84. The average molecular weight is 332 g/mol. The highest BCUT2D eigenvalue weighted by Gasteiger charge is 2.11. The van der Waals surface area contributed by atoms with Crippen molar-refractivity contribution in [1.29, 1.82) is 0 Å². The third kappa shape index (κ3) is 3.15. The number of hydrogen-bond donors (Lipinski definition) is 1. The summed E-state index contributed by atoms with van der Waals surface area (Å²) in [6.45, 7) is 3.51. The minimum absolute atomic E-state index is 0.161. The third-order valence-corrected chi connectivity index (χ3v) is 4.44. The van der Waals surface area contributed by atoms with Crippen molar-refractivity contribution >= 4 is 27.8 Å². The molecule has 1 amide bonds. The van der Waals surface area contributed by atoms with Crippen LogP contribution in [0.4, 0.5) is 0 Å². The summed E-state index contributed by atoms with van der Waals surface area (Å²) in [6, 6.07) is 18.1. The highest BCUT2D eigenvalue weighted by Crippen LogP contribution is 2.20. The second kappa shape index (κ2) is 6.48. The molecule has 0 spiro atoms. The number of carbonyl (C=O) groups is 1. The van der Waals surface area contributed by atoms with Gasteiger partial charge in [-0.3, -0.25) is 4.79 Å². The summed E-state index contributed by atoms with van der Waals surface area (Å²) in [5.74, 6) is 0.207. The number of carbonyl (C=O) groups excluding carboxylic acids is 1. The van der Waals surface area contributed by atoms with Gasteiger partial charge in [-0.15, -0.1) is 0 Å². The Kier molecular flexibility index (Phi) is 4.02. The number of para-hydroxylation sites is 1. The van der Waals surface area contributed by atoms with Crippen LogP contribution in [0.1, 0.15) is 22.5 Å². The molecule has 0 unspecified atom stereocenters. The summed E-state index contributed by atoms with van der Waals surface area (Å²) in [6.07, 6.45) is 2.96. The normalized spacial score (nSPS) is 11.2. The van der Waals surface area contributed by atoms with Crippen LogP contribution in [0.25, 0.3) is 21.9 Å². The first-order valence-corrected chi connectivity index (χ1v) is 8.53. The van der Waals surface area contributed by atoms with Gasteiger partial charge in [0.1, 0.15) is 5.58 Å². The zero-order valence-corrected chi connectivity index (χ0v) is 14.2. The van der Waals surface area contributed by atoms with Gasteiger partial charge in [0.2, 0.25) is 0 Å². The molecule has 0 aliphatic rings. The van der Waals surface area contributed by atoms with Gasteiger partial charge in [-0.1, -0.05) is 29.8 Å². The molecule has 4 aromatic rings. The second-order valence-corrected chi connectivity index (χ2v) is 6.33. The number of aryl methyl sites for hydroxylation is 2. The number of fused-ring (bicyclic) bond motifs is 2. The topological polar surface area (TPSA) is 47.2 Å². The van der Waals surface area contributed by atoms with Gasteiger partial charge in [0, 0.05) is 30.2 Å². The van der Waals surface area contributed by atoms with Crippen LogP contribution >= 0.6 is 0 Å². The molecule has 0 saturated carbocycles. The second-order valence-electron chi connectivity index (χ2n) is 6.33. The van der Waals surface area contributed by atoms with Gasteiger partial charge in [-0.25, -0.2) is 0 Å². The Bertz CT molecular complexity index is 1040. The third-order valence-electron chi connectivity index (χ3n) is 4.44. The van der Waals surface area contributed by atoms with Crippen LogP contribution in [-0.4, -0.2) is 17.0 Å². The summed E-state index contributed by atoms with van der Waals surface area (Å²) in [4.78, 5) is 12.3. The number of furan rings is 1. The predicted octanol–water partition coefficient (Wildman–Crippen LogP) is 4.52. The molecule has 4 rings (SSSR count). The van der Waals surface area contributed by atoms with Crippen LogP contribution in [-0.2, 0) is 6.54 Å².